The Hall–Kier alpha value is -3.81. The van der Waals surface area contributed by atoms with Crippen molar-refractivity contribution in [1.29, 1.82) is 0 Å². The lowest BCUT2D eigenvalue weighted by atomic mass is 10.1. The molecule has 3 amide bonds. The van der Waals surface area contributed by atoms with E-state index < -0.39 is 0 Å². The first-order valence-corrected chi connectivity index (χ1v) is 10.5. The molecule has 0 aliphatic carbocycles. The molecule has 0 saturated heterocycles. The number of benzene rings is 2. The summed E-state index contributed by atoms with van der Waals surface area (Å²) in [5, 5.41) is 7.04. The van der Waals surface area contributed by atoms with Crippen molar-refractivity contribution in [3.05, 3.63) is 83.3 Å². The van der Waals surface area contributed by atoms with Crippen LogP contribution in [0.4, 0.5) is 10.2 Å². The second-order valence-electron chi connectivity index (χ2n) is 7.69. The molecule has 3 aromatic rings. The molecule has 1 aliphatic rings. The van der Waals surface area contributed by atoms with E-state index in [4.69, 9.17) is 0 Å². The van der Waals surface area contributed by atoms with E-state index in [9.17, 15) is 18.8 Å². The minimum Gasteiger partial charge on any atom is -0.309 e. The monoisotopic (exact) mass is 434 g/mol. The number of nitrogens with one attached hydrogen (secondary N) is 1. The van der Waals surface area contributed by atoms with Crippen LogP contribution in [0.25, 0.3) is 0 Å². The topological polar surface area (TPSA) is 84.3 Å². The van der Waals surface area contributed by atoms with Gasteiger partial charge in [-0.15, -0.1) is 0 Å². The maximum Gasteiger partial charge on any atom is 0.261 e. The Morgan fingerprint density at radius 2 is 1.69 bits per heavy atom. The molecule has 0 bridgehead atoms. The molecular weight excluding hydrogens is 411 g/mol. The standard InChI is InChI=1S/C24H23FN4O3/c25-18-8-6-7-17(15-18)16-28-14-12-21(27-28)26-22(30)11-2-1-5-13-29-23(31)19-9-3-4-10-20(19)24(29)32/h3-4,6-10,12,14-15H,1-2,5,11,13,16H2,(H,26,27,30). The Morgan fingerprint density at radius 1 is 0.938 bits per heavy atom. The molecule has 0 radical (unpaired) electrons. The molecule has 7 nitrogen and oxygen atoms in total. The SMILES string of the molecule is O=C(CCCCCN1C(=O)c2ccccc2C1=O)Nc1ccn(Cc2cccc(F)c2)n1. The molecule has 0 saturated carbocycles. The summed E-state index contributed by atoms with van der Waals surface area (Å²) >= 11 is 0. The Kier molecular flexibility index (Phi) is 6.39. The Labute approximate surface area is 184 Å². The molecule has 164 valence electrons. The normalized spacial score (nSPS) is 12.8. The van der Waals surface area contributed by atoms with Gasteiger partial charge in [0.15, 0.2) is 5.82 Å². The second-order valence-corrected chi connectivity index (χ2v) is 7.69. The van der Waals surface area contributed by atoms with Crippen molar-refractivity contribution in [2.24, 2.45) is 0 Å². The van der Waals surface area contributed by atoms with Crippen LogP contribution in [-0.4, -0.2) is 38.9 Å². The van der Waals surface area contributed by atoms with Gasteiger partial charge >= 0.3 is 0 Å². The average Bonchev–Trinajstić information content (AvgIpc) is 3.31. The Balaban J connectivity index is 1.17. The van der Waals surface area contributed by atoms with Crippen LogP contribution in [0.1, 0.15) is 52.0 Å². The molecule has 2 aromatic carbocycles. The van der Waals surface area contributed by atoms with Gasteiger partial charge in [0.25, 0.3) is 11.8 Å². The lowest BCUT2D eigenvalue weighted by Crippen LogP contribution is -2.30. The van der Waals surface area contributed by atoms with Crippen molar-refractivity contribution in [2.75, 3.05) is 11.9 Å². The van der Waals surface area contributed by atoms with Crippen molar-refractivity contribution in [3.63, 3.8) is 0 Å². The highest BCUT2D eigenvalue weighted by Gasteiger charge is 2.34. The van der Waals surface area contributed by atoms with Gasteiger partial charge in [-0.25, -0.2) is 4.39 Å². The predicted octanol–water partition coefficient (Wildman–Crippen LogP) is 3.87. The zero-order valence-corrected chi connectivity index (χ0v) is 17.5. The molecule has 4 rings (SSSR count). The van der Waals surface area contributed by atoms with E-state index in [2.05, 4.69) is 10.4 Å². The zero-order valence-electron chi connectivity index (χ0n) is 17.5. The number of hydrogen-bond donors (Lipinski definition) is 1. The van der Waals surface area contributed by atoms with Gasteiger partial charge < -0.3 is 5.32 Å². The highest BCUT2D eigenvalue weighted by atomic mass is 19.1. The average molecular weight is 434 g/mol. The summed E-state index contributed by atoms with van der Waals surface area (Å²) in [6, 6.07) is 14.8. The fourth-order valence-corrected chi connectivity index (χ4v) is 3.72. The summed E-state index contributed by atoms with van der Waals surface area (Å²) in [6.45, 7) is 0.754. The summed E-state index contributed by atoms with van der Waals surface area (Å²) in [5.74, 6) is -0.514. The summed E-state index contributed by atoms with van der Waals surface area (Å²) < 4.78 is 14.9. The largest absolute Gasteiger partial charge is 0.309 e. The number of carbonyl (C=O) groups excluding carboxylic acids is 3. The molecule has 0 spiro atoms. The number of nitrogens with zero attached hydrogens (tertiary/aromatic N) is 3. The molecule has 0 unspecified atom stereocenters. The summed E-state index contributed by atoms with van der Waals surface area (Å²) in [7, 11) is 0. The van der Waals surface area contributed by atoms with E-state index in [-0.39, 0.29) is 23.5 Å². The molecule has 1 aliphatic heterocycles. The van der Waals surface area contributed by atoms with Crippen LogP contribution in [0.2, 0.25) is 0 Å². The quantitative estimate of drug-likeness (QED) is 0.409. The van der Waals surface area contributed by atoms with Crippen molar-refractivity contribution in [3.8, 4) is 0 Å². The number of amides is 3. The van der Waals surface area contributed by atoms with Crippen LogP contribution >= 0.6 is 0 Å². The van der Waals surface area contributed by atoms with E-state index >= 15 is 0 Å². The zero-order chi connectivity index (χ0) is 22.5. The van der Waals surface area contributed by atoms with Gasteiger partial charge in [0.1, 0.15) is 5.82 Å². The number of halogens is 1. The van der Waals surface area contributed by atoms with E-state index in [0.717, 1.165) is 12.0 Å². The number of carbonyl (C=O) groups is 3. The van der Waals surface area contributed by atoms with Crippen LogP contribution in [0, 0.1) is 5.82 Å². The first kappa shape index (κ1) is 21.4. The maximum atomic E-state index is 13.3. The number of fused-ring (bicyclic) bond motifs is 1. The third-order valence-electron chi connectivity index (χ3n) is 5.31. The lowest BCUT2D eigenvalue weighted by molar-refractivity contribution is -0.116. The van der Waals surface area contributed by atoms with Crippen LogP contribution in [-0.2, 0) is 11.3 Å². The van der Waals surface area contributed by atoms with Crippen molar-refractivity contribution < 1.29 is 18.8 Å². The van der Waals surface area contributed by atoms with Gasteiger partial charge in [0.05, 0.1) is 17.7 Å². The van der Waals surface area contributed by atoms with Crippen LogP contribution in [0.3, 0.4) is 0 Å². The van der Waals surface area contributed by atoms with Crippen LogP contribution in [0.15, 0.2) is 60.8 Å². The maximum absolute atomic E-state index is 13.3. The molecule has 8 heteroatoms. The molecule has 1 N–H and O–H groups in total. The number of rotatable bonds is 9. The minimum absolute atomic E-state index is 0.151. The van der Waals surface area contributed by atoms with Crippen molar-refractivity contribution in [2.45, 2.75) is 32.2 Å². The molecule has 2 heterocycles. The van der Waals surface area contributed by atoms with Gasteiger partial charge in [0.2, 0.25) is 5.91 Å². The number of anilines is 1. The van der Waals surface area contributed by atoms with Crippen molar-refractivity contribution in [1.82, 2.24) is 14.7 Å². The Bertz CT molecular complexity index is 1120. The first-order valence-electron chi connectivity index (χ1n) is 10.5. The minimum atomic E-state index is -0.300. The third kappa shape index (κ3) is 4.91. The highest BCUT2D eigenvalue weighted by molar-refractivity contribution is 6.21. The predicted molar refractivity (Wildman–Crippen MR) is 117 cm³/mol. The van der Waals surface area contributed by atoms with E-state index in [1.165, 1.54) is 17.0 Å². The van der Waals surface area contributed by atoms with Crippen LogP contribution in [0.5, 0.6) is 0 Å². The van der Waals surface area contributed by atoms with E-state index in [1.54, 1.807) is 47.3 Å². The van der Waals surface area contributed by atoms with Gasteiger partial charge in [0, 0.05) is 25.2 Å². The van der Waals surface area contributed by atoms with Gasteiger partial charge in [-0.1, -0.05) is 30.7 Å². The van der Waals surface area contributed by atoms with E-state index in [1.807, 2.05) is 6.07 Å². The van der Waals surface area contributed by atoms with E-state index in [0.29, 0.717) is 49.3 Å². The molecule has 32 heavy (non-hydrogen) atoms. The van der Waals surface area contributed by atoms with Gasteiger partial charge in [-0.05, 0) is 42.7 Å². The molecule has 0 atom stereocenters. The van der Waals surface area contributed by atoms with Crippen molar-refractivity contribution >= 4 is 23.5 Å². The summed E-state index contributed by atoms with van der Waals surface area (Å²) in [4.78, 5) is 38.1. The first-order chi connectivity index (χ1) is 15.5. The molecule has 0 fully saturated rings. The Morgan fingerprint density at radius 3 is 2.41 bits per heavy atom. The fraction of sp³-hybridized carbons (Fsp3) is 0.250. The fourth-order valence-electron chi connectivity index (χ4n) is 3.72. The molecule has 1 aromatic heterocycles. The third-order valence-corrected chi connectivity index (χ3v) is 5.31. The van der Waals surface area contributed by atoms with Crippen LogP contribution < -0.4 is 5.32 Å². The summed E-state index contributed by atoms with van der Waals surface area (Å²) in [6.07, 6.45) is 4.04. The second kappa shape index (κ2) is 9.55. The highest BCUT2D eigenvalue weighted by Crippen LogP contribution is 2.22. The lowest BCUT2D eigenvalue weighted by Gasteiger charge is -2.13. The number of unbranched alkanes of at least 4 members (excludes halogenated alkanes) is 2. The van der Waals surface area contributed by atoms with Gasteiger partial charge in [-0.2, -0.15) is 5.10 Å². The number of aromatic nitrogens is 2. The molecular formula is C24H23FN4O3. The number of imide groups is 1. The summed E-state index contributed by atoms with van der Waals surface area (Å²) in [5.41, 5.74) is 1.69. The smallest absolute Gasteiger partial charge is 0.261 e. The van der Waals surface area contributed by atoms with Gasteiger partial charge in [-0.3, -0.25) is 24.0 Å². The number of hydrogen-bond acceptors (Lipinski definition) is 4.